The smallest absolute Gasteiger partial charge is 0.253 e. The van der Waals surface area contributed by atoms with Crippen LogP contribution >= 0.6 is 24.0 Å². The fourth-order valence-corrected chi connectivity index (χ4v) is 1.87. The van der Waals surface area contributed by atoms with Gasteiger partial charge in [0, 0.05) is 18.8 Å². The van der Waals surface area contributed by atoms with Crippen LogP contribution in [0.25, 0.3) is 0 Å². The minimum absolute atomic E-state index is 0. The third-order valence-electron chi connectivity index (χ3n) is 2.62. The number of piperidine rings is 1. The van der Waals surface area contributed by atoms with Gasteiger partial charge in [0.1, 0.15) is 5.15 Å². The largest absolute Gasteiger partial charge is 0.348 e. The predicted octanol–water partition coefficient (Wildman–Crippen LogP) is 1.64. The van der Waals surface area contributed by atoms with Gasteiger partial charge in [0.15, 0.2) is 0 Å². The van der Waals surface area contributed by atoms with Crippen LogP contribution in [-0.2, 0) is 0 Å². The Labute approximate surface area is 112 Å². The Kier molecular flexibility index (Phi) is 5.68. The standard InChI is InChI=1S/C11H14ClN3O.ClH/c12-10-4-3-8(6-14-10)11(16)15-9-2-1-5-13-7-9;/h3-4,6,9,13H,1-2,5,7H2,(H,15,16);1H. The molecule has 0 radical (unpaired) electrons. The van der Waals surface area contributed by atoms with E-state index < -0.39 is 0 Å². The second-order valence-corrected chi connectivity index (χ2v) is 4.27. The Morgan fingerprint density at radius 1 is 1.53 bits per heavy atom. The highest BCUT2D eigenvalue weighted by atomic mass is 35.5. The van der Waals surface area contributed by atoms with Gasteiger partial charge in [-0.25, -0.2) is 4.98 Å². The summed E-state index contributed by atoms with van der Waals surface area (Å²) in [6, 6.07) is 3.52. The van der Waals surface area contributed by atoms with Crippen LogP contribution in [-0.4, -0.2) is 30.0 Å². The zero-order valence-electron chi connectivity index (χ0n) is 9.28. The van der Waals surface area contributed by atoms with Gasteiger partial charge in [0.2, 0.25) is 0 Å². The van der Waals surface area contributed by atoms with Gasteiger partial charge in [0.05, 0.1) is 5.56 Å². The highest BCUT2D eigenvalue weighted by Gasteiger charge is 2.16. The Bertz CT molecular complexity index is 363. The fourth-order valence-electron chi connectivity index (χ4n) is 1.75. The molecule has 2 heterocycles. The normalized spacial score (nSPS) is 19.2. The number of amides is 1. The Morgan fingerprint density at radius 2 is 2.35 bits per heavy atom. The van der Waals surface area contributed by atoms with E-state index in [1.807, 2.05) is 0 Å². The van der Waals surface area contributed by atoms with E-state index in [9.17, 15) is 4.79 Å². The first-order valence-corrected chi connectivity index (χ1v) is 5.76. The molecule has 1 unspecified atom stereocenters. The lowest BCUT2D eigenvalue weighted by Crippen LogP contribution is -2.45. The van der Waals surface area contributed by atoms with Crippen molar-refractivity contribution in [3.8, 4) is 0 Å². The zero-order valence-corrected chi connectivity index (χ0v) is 10.9. The number of halogens is 2. The van der Waals surface area contributed by atoms with Crippen LogP contribution in [0.4, 0.5) is 0 Å². The number of rotatable bonds is 2. The third kappa shape index (κ3) is 4.15. The van der Waals surface area contributed by atoms with Crippen LogP contribution in [0.1, 0.15) is 23.2 Å². The molecule has 2 N–H and O–H groups in total. The molecular weight excluding hydrogens is 261 g/mol. The first-order valence-electron chi connectivity index (χ1n) is 5.39. The zero-order chi connectivity index (χ0) is 11.4. The molecule has 4 nitrogen and oxygen atoms in total. The van der Waals surface area contributed by atoms with E-state index in [4.69, 9.17) is 11.6 Å². The fraction of sp³-hybridized carbons (Fsp3) is 0.455. The third-order valence-corrected chi connectivity index (χ3v) is 2.85. The maximum absolute atomic E-state index is 11.8. The monoisotopic (exact) mass is 275 g/mol. The van der Waals surface area contributed by atoms with E-state index in [0.29, 0.717) is 10.7 Å². The highest BCUT2D eigenvalue weighted by Crippen LogP contribution is 2.07. The van der Waals surface area contributed by atoms with Gasteiger partial charge in [-0.05, 0) is 31.5 Å². The van der Waals surface area contributed by atoms with Crippen LogP contribution in [0, 0.1) is 0 Å². The maximum atomic E-state index is 11.8. The number of hydrogen-bond donors (Lipinski definition) is 2. The molecule has 1 amide bonds. The second kappa shape index (κ2) is 6.79. The van der Waals surface area contributed by atoms with Crippen molar-refractivity contribution in [1.29, 1.82) is 0 Å². The van der Waals surface area contributed by atoms with Gasteiger partial charge in [-0.3, -0.25) is 4.79 Å². The maximum Gasteiger partial charge on any atom is 0.253 e. The molecular formula is C11H15Cl2N3O. The lowest BCUT2D eigenvalue weighted by molar-refractivity contribution is 0.0930. The van der Waals surface area contributed by atoms with Gasteiger partial charge < -0.3 is 10.6 Å². The summed E-state index contributed by atoms with van der Waals surface area (Å²) in [6.07, 6.45) is 3.62. The summed E-state index contributed by atoms with van der Waals surface area (Å²) < 4.78 is 0. The average molecular weight is 276 g/mol. The van der Waals surface area contributed by atoms with Crippen molar-refractivity contribution in [3.05, 3.63) is 29.0 Å². The van der Waals surface area contributed by atoms with Crippen LogP contribution in [0.3, 0.4) is 0 Å². The molecule has 1 aliphatic heterocycles. The number of carbonyl (C=O) groups is 1. The first-order chi connectivity index (χ1) is 7.75. The summed E-state index contributed by atoms with van der Waals surface area (Å²) in [4.78, 5) is 15.7. The molecule has 1 fully saturated rings. The molecule has 1 aliphatic rings. The lowest BCUT2D eigenvalue weighted by atomic mass is 10.1. The summed E-state index contributed by atoms with van der Waals surface area (Å²) in [5.41, 5.74) is 0.551. The van der Waals surface area contributed by atoms with Gasteiger partial charge in [-0.2, -0.15) is 0 Å². The first kappa shape index (κ1) is 14.2. The van der Waals surface area contributed by atoms with Gasteiger partial charge in [-0.1, -0.05) is 11.6 Å². The van der Waals surface area contributed by atoms with Crippen molar-refractivity contribution in [2.24, 2.45) is 0 Å². The van der Waals surface area contributed by atoms with Crippen molar-refractivity contribution >= 4 is 29.9 Å². The molecule has 0 spiro atoms. The Hall–Kier alpha value is -0.840. The number of pyridine rings is 1. The molecule has 1 aromatic rings. The van der Waals surface area contributed by atoms with Crippen LogP contribution in [0.5, 0.6) is 0 Å². The molecule has 6 heteroatoms. The predicted molar refractivity (Wildman–Crippen MR) is 69.9 cm³/mol. The lowest BCUT2D eigenvalue weighted by Gasteiger charge is -2.23. The molecule has 0 bridgehead atoms. The molecule has 1 aromatic heterocycles. The molecule has 2 rings (SSSR count). The molecule has 1 saturated heterocycles. The van der Waals surface area contributed by atoms with Gasteiger partial charge in [0.25, 0.3) is 5.91 Å². The SMILES string of the molecule is Cl.O=C(NC1CCCNC1)c1ccc(Cl)nc1. The van der Waals surface area contributed by atoms with Crippen molar-refractivity contribution < 1.29 is 4.79 Å². The molecule has 0 aliphatic carbocycles. The molecule has 94 valence electrons. The van der Waals surface area contributed by atoms with Crippen molar-refractivity contribution in [3.63, 3.8) is 0 Å². The topological polar surface area (TPSA) is 54.0 Å². The highest BCUT2D eigenvalue weighted by molar-refractivity contribution is 6.29. The molecule has 0 aromatic carbocycles. The number of nitrogens with zero attached hydrogens (tertiary/aromatic N) is 1. The second-order valence-electron chi connectivity index (χ2n) is 3.89. The number of hydrogen-bond acceptors (Lipinski definition) is 3. The average Bonchev–Trinajstić information content (AvgIpc) is 2.31. The summed E-state index contributed by atoms with van der Waals surface area (Å²) in [7, 11) is 0. The van der Waals surface area contributed by atoms with Crippen LogP contribution < -0.4 is 10.6 Å². The van der Waals surface area contributed by atoms with Crippen molar-refractivity contribution in [2.45, 2.75) is 18.9 Å². The Morgan fingerprint density at radius 3 is 2.94 bits per heavy atom. The summed E-state index contributed by atoms with van der Waals surface area (Å²) >= 11 is 5.66. The molecule has 0 saturated carbocycles. The Balaban J connectivity index is 0.00000144. The van der Waals surface area contributed by atoms with E-state index in [0.717, 1.165) is 25.9 Å². The van der Waals surface area contributed by atoms with Crippen LogP contribution in [0.15, 0.2) is 18.3 Å². The molecule has 17 heavy (non-hydrogen) atoms. The van der Waals surface area contributed by atoms with E-state index in [2.05, 4.69) is 15.6 Å². The summed E-state index contributed by atoms with van der Waals surface area (Å²) in [6.45, 7) is 1.88. The van der Waals surface area contributed by atoms with E-state index in [1.165, 1.54) is 6.20 Å². The van der Waals surface area contributed by atoms with E-state index in [-0.39, 0.29) is 24.4 Å². The minimum Gasteiger partial charge on any atom is -0.348 e. The quantitative estimate of drug-likeness (QED) is 0.807. The summed E-state index contributed by atoms with van der Waals surface area (Å²) in [5.74, 6) is -0.0853. The van der Waals surface area contributed by atoms with Gasteiger partial charge >= 0.3 is 0 Å². The van der Waals surface area contributed by atoms with E-state index in [1.54, 1.807) is 12.1 Å². The van der Waals surface area contributed by atoms with Crippen molar-refractivity contribution in [1.82, 2.24) is 15.6 Å². The van der Waals surface area contributed by atoms with Crippen LogP contribution in [0.2, 0.25) is 5.15 Å². The van der Waals surface area contributed by atoms with Crippen molar-refractivity contribution in [2.75, 3.05) is 13.1 Å². The summed E-state index contributed by atoms with van der Waals surface area (Å²) in [5, 5.41) is 6.62. The van der Waals surface area contributed by atoms with E-state index >= 15 is 0 Å². The number of aromatic nitrogens is 1. The number of nitrogens with one attached hydrogen (secondary N) is 2. The number of carbonyl (C=O) groups excluding carboxylic acids is 1. The van der Waals surface area contributed by atoms with Gasteiger partial charge in [-0.15, -0.1) is 12.4 Å². The molecule has 1 atom stereocenters. The minimum atomic E-state index is -0.0853.